The Labute approximate surface area is 207 Å². The normalized spacial score (nSPS) is 17.4. The molecule has 0 heterocycles. The summed E-state index contributed by atoms with van der Waals surface area (Å²) < 4.78 is 5.45. The van der Waals surface area contributed by atoms with Crippen molar-refractivity contribution in [2.24, 2.45) is 0 Å². The summed E-state index contributed by atoms with van der Waals surface area (Å²) in [6.07, 6.45) is 0.0621. The second-order valence-corrected chi connectivity index (χ2v) is 9.76. The first-order valence-electron chi connectivity index (χ1n) is 11.6. The summed E-state index contributed by atoms with van der Waals surface area (Å²) in [7, 11) is 1.46. The number of hydrogen-bond acceptors (Lipinski definition) is 7. The van der Waals surface area contributed by atoms with Gasteiger partial charge in [0.05, 0.1) is 34.6 Å². The van der Waals surface area contributed by atoms with Gasteiger partial charge in [-0.25, -0.2) is 0 Å². The van der Waals surface area contributed by atoms with E-state index in [0.717, 1.165) is 0 Å². The van der Waals surface area contributed by atoms with Crippen LogP contribution in [-0.4, -0.2) is 44.7 Å². The van der Waals surface area contributed by atoms with E-state index >= 15 is 0 Å². The number of rotatable bonds is 3. The largest absolute Gasteiger partial charge is 0.507 e. The van der Waals surface area contributed by atoms with Gasteiger partial charge >= 0.3 is 0 Å². The van der Waals surface area contributed by atoms with E-state index in [1.54, 1.807) is 50.2 Å². The number of carbonyl (C=O) groups is 2. The lowest BCUT2D eigenvalue weighted by Crippen LogP contribution is -2.35. The highest BCUT2D eigenvalue weighted by Crippen LogP contribution is 2.50. The lowest BCUT2D eigenvalue weighted by Gasteiger charge is -2.30. The van der Waals surface area contributed by atoms with Gasteiger partial charge in [-0.15, -0.1) is 0 Å². The second-order valence-electron chi connectivity index (χ2n) is 9.76. The summed E-state index contributed by atoms with van der Waals surface area (Å²) in [6.45, 7) is 4.62. The van der Waals surface area contributed by atoms with Gasteiger partial charge in [0, 0.05) is 18.4 Å². The number of fused-ring (bicyclic) bond motifs is 3. The lowest BCUT2D eigenvalue weighted by atomic mass is 9.78. The number of aromatic hydroxyl groups is 3. The highest BCUT2D eigenvalue weighted by molar-refractivity contribution is 6.16. The van der Waals surface area contributed by atoms with Gasteiger partial charge in [-0.3, -0.25) is 9.59 Å². The summed E-state index contributed by atoms with van der Waals surface area (Å²) in [5.74, 6) is -1.19. The SMILES string of the molecule is COc1cccc2c(-c3ccc4cc5c(c(O)c4c3O)C(=O)CC(C)(O)C5)c(C)c(C(C)=O)c(O)c12. The minimum Gasteiger partial charge on any atom is -0.507 e. The monoisotopic (exact) mass is 486 g/mol. The molecule has 0 spiro atoms. The average Bonchev–Trinajstić information content (AvgIpc) is 2.78. The van der Waals surface area contributed by atoms with Crippen LogP contribution in [-0.2, 0) is 6.42 Å². The van der Waals surface area contributed by atoms with E-state index in [-0.39, 0.29) is 52.4 Å². The molecule has 0 aliphatic heterocycles. The van der Waals surface area contributed by atoms with Crippen LogP contribution in [0.15, 0.2) is 36.4 Å². The second kappa shape index (κ2) is 7.96. The molecule has 184 valence electrons. The predicted molar refractivity (Wildman–Crippen MR) is 136 cm³/mol. The predicted octanol–water partition coefficient (Wildman–Crippen LogP) is 5.18. The number of hydrogen-bond donors (Lipinski definition) is 4. The van der Waals surface area contributed by atoms with Gasteiger partial charge in [-0.2, -0.15) is 0 Å². The maximum Gasteiger partial charge on any atom is 0.169 e. The molecule has 0 aromatic heterocycles. The molecule has 1 atom stereocenters. The van der Waals surface area contributed by atoms with Crippen LogP contribution in [0, 0.1) is 6.92 Å². The van der Waals surface area contributed by atoms with Crippen molar-refractivity contribution in [2.45, 2.75) is 39.2 Å². The van der Waals surface area contributed by atoms with Gasteiger partial charge < -0.3 is 25.2 Å². The molecule has 36 heavy (non-hydrogen) atoms. The van der Waals surface area contributed by atoms with E-state index < -0.39 is 11.4 Å². The van der Waals surface area contributed by atoms with Crippen LogP contribution in [0.3, 0.4) is 0 Å². The number of ether oxygens (including phenoxy) is 1. The van der Waals surface area contributed by atoms with Crippen molar-refractivity contribution in [3.05, 3.63) is 58.7 Å². The first-order valence-corrected chi connectivity index (χ1v) is 11.6. The Morgan fingerprint density at radius 2 is 1.69 bits per heavy atom. The quantitative estimate of drug-likeness (QED) is 0.294. The number of methoxy groups -OCH3 is 1. The lowest BCUT2D eigenvalue weighted by molar-refractivity contribution is 0.0409. The minimum atomic E-state index is -1.21. The summed E-state index contributed by atoms with van der Waals surface area (Å²) in [5.41, 5.74) is 0.789. The minimum absolute atomic E-state index is 0.0971. The van der Waals surface area contributed by atoms with E-state index in [9.17, 15) is 30.0 Å². The van der Waals surface area contributed by atoms with Gasteiger partial charge in [-0.1, -0.05) is 18.2 Å². The van der Waals surface area contributed by atoms with Gasteiger partial charge in [0.2, 0.25) is 0 Å². The molecule has 1 aliphatic carbocycles. The zero-order valence-corrected chi connectivity index (χ0v) is 20.4. The maximum atomic E-state index is 12.8. The fraction of sp³-hybridized carbons (Fsp3) is 0.241. The maximum absolute atomic E-state index is 12.8. The van der Waals surface area contributed by atoms with Gasteiger partial charge in [-0.05, 0) is 66.4 Å². The molecule has 0 saturated heterocycles. The molecule has 1 aliphatic rings. The Bertz CT molecular complexity index is 1630. The van der Waals surface area contributed by atoms with Crippen LogP contribution in [0.25, 0.3) is 32.7 Å². The van der Waals surface area contributed by atoms with E-state index in [2.05, 4.69) is 0 Å². The van der Waals surface area contributed by atoms with Crippen LogP contribution in [0.5, 0.6) is 23.0 Å². The highest BCUT2D eigenvalue weighted by Gasteiger charge is 2.36. The van der Waals surface area contributed by atoms with Crippen molar-refractivity contribution in [1.82, 2.24) is 0 Å². The molecular formula is C29H26O7. The van der Waals surface area contributed by atoms with Crippen molar-refractivity contribution in [1.29, 1.82) is 0 Å². The number of benzene rings is 4. The molecule has 4 aromatic carbocycles. The summed E-state index contributed by atoms with van der Waals surface area (Å²) in [6, 6.07) is 10.3. The van der Waals surface area contributed by atoms with E-state index in [4.69, 9.17) is 4.74 Å². The molecule has 4 N–H and O–H groups in total. The topological polar surface area (TPSA) is 124 Å². The Morgan fingerprint density at radius 3 is 2.36 bits per heavy atom. The van der Waals surface area contributed by atoms with Crippen molar-refractivity contribution >= 4 is 33.1 Å². The summed E-state index contributed by atoms with van der Waals surface area (Å²) in [5, 5.41) is 45.6. The number of phenolic OH excluding ortho intramolecular Hbond substituents is 3. The zero-order chi connectivity index (χ0) is 26.1. The Morgan fingerprint density at radius 1 is 0.972 bits per heavy atom. The molecule has 1 unspecified atom stereocenters. The van der Waals surface area contributed by atoms with Crippen LogP contribution < -0.4 is 4.74 Å². The van der Waals surface area contributed by atoms with E-state index in [1.807, 2.05) is 0 Å². The van der Waals surface area contributed by atoms with Crippen LogP contribution in [0.2, 0.25) is 0 Å². The van der Waals surface area contributed by atoms with Gasteiger partial charge in [0.15, 0.2) is 11.6 Å². The van der Waals surface area contributed by atoms with Crippen molar-refractivity contribution in [2.75, 3.05) is 7.11 Å². The fourth-order valence-electron chi connectivity index (χ4n) is 5.63. The van der Waals surface area contributed by atoms with E-state index in [0.29, 0.717) is 44.2 Å². The third-order valence-electron chi connectivity index (χ3n) is 7.09. The molecule has 0 amide bonds. The Hall–Kier alpha value is -4.10. The number of aliphatic hydroxyl groups is 1. The number of phenols is 3. The van der Waals surface area contributed by atoms with Gasteiger partial charge in [0.25, 0.3) is 0 Å². The molecule has 0 saturated carbocycles. The number of carbonyl (C=O) groups excluding carboxylic acids is 2. The standard InChI is InChI=1S/C29H26O7/c1-13-21(14(2)30)27(33)25-17(6-5-7-20(25)36-4)22(13)18-9-8-15-10-16-11-29(3,35)12-19(31)23(16)28(34)24(15)26(18)32/h5-10,32-35H,11-12H2,1-4H3. The number of ketones is 2. The fourth-order valence-corrected chi connectivity index (χ4v) is 5.63. The van der Waals surface area contributed by atoms with Crippen molar-refractivity contribution in [3.8, 4) is 34.1 Å². The third-order valence-corrected chi connectivity index (χ3v) is 7.09. The van der Waals surface area contributed by atoms with E-state index in [1.165, 1.54) is 14.0 Å². The zero-order valence-electron chi connectivity index (χ0n) is 20.4. The molecule has 0 radical (unpaired) electrons. The van der Waals surface area contributed by atoms with Crippen LogP contribution >= 0.6 is 0 Å². The molecule has 0 bridgehead atoms. The summed E-state index contributed by atoms with van der Waals surface area (Å²) in [4.78, 5) is 25.4. The van der Waals surface area contributed by atoms with Crippen molar-refractivity contribution < 1.29 is 34.8 Å². The van der Waals surface area contributed by atoms with Gasteiger partial charge in [0.1, 0.15) is 23.0 Å². The van der Waals surface area contributed by atoms with Crippen LogP contribution in [0.4, 0.5) is 0 Å². The van der Waals surface area contributed by atoms with Crippen molar-refractivity contribution in [3.63, 3.8) is 0 Å². The Kier molecular flexibility index (Phi) is 5.23. The molecule has 7 heteroatoms. The Balaban J connectivity index is 1.90. The number of Topliss-reactive ketones (excluding diaryl/α,β-unsaturated/α-hetero) is 2. The molecule has 0 fully saturated rings. The average molecular weight is 487 g/mol. The summed E-state index contributed by atoms with van der Waals surface area (Å²) >= 11 is 0. The van der Waals surface area contributed by atoms with Crippen LogP contribution in [0.1, 0.15) is 52.1 Å². The first kappa shape index (κ1) is 23.6. The molecule has 5 rings (SSSR count). The smallest absolute Gasteiger partial charge is 0.169 e. The highest BCUT2D eigenvalue weighted by atomic mass is 16.5. The molecule has 4 aromatic rings. The molecular weight excluding hydrogens is 460 g/mol. The molecule has 7 nitrogen and oxygen atoms in total. The third kappa shape index (κ3) is 3.31. The first-order chi connectivity index (χ1) is 17.0.